The van der Waals surface area contributed by atoms with E-state index in [1.807, 2.05) is 42.6 Å². The summed E-state index contributed by atoms with van der Waals surface area (Å²) in [5, 5.41) is 1.99. The largest absolute Gasteiger partial charge is 0.496 e. The third-order valence-corrected chi connectivity index (χ3v) is 8.09. The number of imide groups is 1. The highest BCUT2D eigenvalue weighted by Gasteiger charge is 2.57. The molecule has 0 bridgehead atoms. The van der Waals surface area contributed by atoms with Crippen LogP contribution in [0, 0.1) is 0 Å². The number of thiophene rings is 1. The molecule has 1 aliphatic heterocycles. The number of likely N-dealkylation sites (tertiary alicyclic amines) is 1. The second kappa shape index (κ2) is 9.06. The summed E-state index contributed by atoms with van der Waals surface area (Å²) in [5.41, 5.74) is -0.626. The van der Waals surface area contributed by atoms with E-state index in [0.29, 0.717) is 11.3 Å². The summed E-state index contributed by atoms with van der Waals surface area (Å²) in [6.45, 7) is 1.98. The smallest absolute Gasteiger partial charge is 0.241 e. The summed E-state index contributed by atoms with van der Waals surface area (Å²) >= 11 is 1.60. The van der Waals surface area contributed by atoms with Crippen LogP contribution < -0.4 is 4.74 Å². The van der Waals surface area contributed by atoms with Crippen LogP contribution in [-0.2, 0) is 19.8 Å². The standard InChI is InChI=1S/C25H30N2O4S/c1-17(21-13-8-14-32-21)26(2)22(28)15-25(19-11-6-7-12-20(19)31-3)16-23(29)27(24(25)30)18-9-4-5-10-18/h6-8,11-14,17-18H,4-5,9-10,15-16H2,1-3H3. The monoisotopic (exact) mass is 454 g/mol. The van der Waals surface area contributed by atoms with Crippen molar-refractivity contribution in [2.45, 2.75) is 62.9 Å². The van der Waals surface area contributed by atoms with E-state index in [4.69, 9.17) is 4.74 Å². The first-order valence-electron chi connectivity index (χ1n) is 11.2. The number of ether oxygens (including phenoxy) is 1. The number of hydrogen-bond donors (Lipinski definition) is 0. The van der Waals surface area contributed by atoms with Crippen molar-refractivity contribution in [2.75, 3.05) is 14.2 Å². The Morgan fingerprint density at radius 3 is 2.59 bits per heavy atom. The number of para-hydroxylation sites is 1. The van der Waals surface area contributed by atoms with Crippen molar-refractivity contribution in [3.05, 3.63) is 52.2 Å². The Kier molecular flexibility index (Phi) is 6.38. The van der Waals surface area contributed by atoms with Crippen LogP contribution in [0.15, 0.2) is 41.8 Å². The minimum Gasteiger partial charge on any atom is -0.496 e. The van der Waals surface area contributed by atoms with Crippen LogP contribution in [0.5, 0.6) is 5.75 Å². The molecule has 2 unspecified atom stereocenters. The lowest BCUT2D eigenvalue weighted by molar-refractivity contribution is -0.145. The van der Waals surface area contributed by atoms with Gasteiger partial charge in [-0.1, -0.05) is 37.1 Å². The Balaban J connectivity index is 1.71. The van der Waals surface area contributed by atoms with Crippen LogP contribution in [0.2, 0.25) is 0 Å². The second-order valence-electron chi connectivity index (χ2n) is 8.84. The van der Waals surface area contributed by atoms with Crippen LogP contribution >= 0.6 is 11.3 Å². The predicted octanol–water partition coefficient (Wildman–Crippen LogP) is 4.31. The van der Waals surface area contributed by atoms with Gasteiger partial charge < -0.3 is 9.64 Å². The van der Waals surface area contributed by atoms with Gasteiger partial charge in [0.2, 0.25) is 17.7 Å². The number of carbonyl (C=O) groups excluding carboxylic acids is 3. The molecule has 2 atom stereocenters. The first kappa shape index (κ1) is 22.5. The van der Waals surface area contributed by atoms with Gasteiger partial charge in [-0.15, -0.1) is 11.3 Å². The molecule has 2 aliphatic rings. The molecule has 1 saturated heterocycles. The number of methoxy groups -OCH3 is 1. The van der Waals surface area contributed by atoms with Gasteiger partial charge in [0.05, 0.1) is 18.6 Å². The van der Waals surface area contributed by atoms with E-state index in [1.165, 1.54) is 4.90 Å². The van der Waals surface area contributed by atoms with Gasteiger partial charge in [0.15, 0.2) is 0 Å². The third-order valence-electron chi connectivity index (χ3n) is 7.04. The molecule has 1 saturated carbocycles. The van der Waals surface area contributed by atoms with Gasteiger partial charge in [-0.3, -0.25) is 19.3 Å². The Labute approximate surface area is 193 Å². The lowest BCUT2D eigenvalue weighted by atomic mass is 9.75. The molecule has 0 N–H and O–H groups in total. The molecule has 3 amide bonds. The Bertz CT molecular complexity index is 999. The SMILES string of the molecule is COc1ccccc1C1(CC(=O)N(C)C(C)c2cccs2)CC(=O)N(C2CCCC2)C1=O. The van der Waals surface area contributed by atoms with Crippen LogP contribution in [-0.4, -0.2) is 47.7 Å². The first-order valence-corrected chi connectivity index (χ1v) is 12.1. The normalized spacial score (nSPS) is 22.4. The number of carbonyl (C=O) groups is 3. The van der Waals surface area contributed by atoms with Crippen LogP contribution in [0.4, 0.5) is 0 Å². The van der Waals surface area contributed by atoms with E-state index in [1.54, 1.807) is 36.5 Å². The number of amides is 3. The minimum atomic E-state index is -1.24. The number of benzene rings is 1. The van der Waals surface area contributed by atoms with Gasteiger partial charge in [0.25, 0.3) is 0 Å². The zero-order valence-electron chi connectivity index (χ0n) is 18.9. The molecule has 6 nitrogen and oxygen atoms in total. The van der Waals surface area contributed by atoms with Crippen molar-refractivity contribution in [1.29, 1.82) is 0 Å². The lowest BCUT2D eigenvalue weighted by Gasteiger charge is -2.33. The zero-order valence-corrected chi connectivity index (χ0v) is 19.7. The fraction of sp³-hybridized carbons (Fsp3) is 0.480. The third kappa shape index (κ3) is 3.83. The van der Waals surface area contributed by atoms with Gasteiger partial charge in [-0.25, -0.2) is 0 Å². The average Bonchev–Trinajstić information content (AvgIpc) is 3.55. The maximum atomic E-state index is 13.9. The minimum absolute atomic E-state index is 0.00430. The topological polar surface area (TPSA) is 66.9 Å². The molecular formula is C25H30N2O4S. The quantitative estimate of drug-likeness (QED) is 0.585. The molecule has 4 rings (SSSR count). The maximum absolute atomic E-state index is 13.9. The molecule has 7 heteroatoms. The van der Waals surface area contributed by atoms with E-state index in [9.17, 15) is 14.4 Å². The van der Waals surface area contributed by atoms with E-state index in [2.05, 4.69) is 0 Å². The van der Waals surface area contributed by atoms with E-state index < -0.39 is 5.41 Å². The Morgan fingerprint density at radius 2 is 1.94 bits per heavy atom. The van der Waals surface area contributed by atoms with Gasteiger partial charge in [0, 0.05) is 36.4 Å². The zero-order chi connectivity index (χ0) is 22.9. The van der Waals surface area contributed by atoms with Gasteiger partial charge in [-0.05, 0) is 37.3 Å². The summed E-state index contributed by atoms with van der Waals surface area (Å²) in [6, 6.07) is 11.1. The van der Waals surface area contributed by atoms with Gasteiger partial charge in [0.1, 0.15) is 5.75 Å². The molecule has 2 heterocycles. The first-order chi connectivity index (χ1) is 15.4. The molecule has 2 fully saturated rings. The summed E-state index contributed by atoms with van der Waals surface area (Å²) in [5.74, 6) is -0.0751. The van der Waals surface area contributed by atoms with Crippen molar-refractivity contribution >= 4 is 29.1 Å². The summed E-state index contributed by atoms with van der Waals surface area (Å²) in [7, 11) is 3.31. The van der Waals surface area contributed by atoms with Crippen molar-refractivity contribution in [3.63, 3.8) is 0 Å². The van der Waals surface area contributed by atoms with Crippen molar-refractivity contribution in [2.24, 2.45) is 0 Å². The van der Waals surface area contributed by atoms with Crippen molar-refractivity contribution < 1.29 is 19.1 Å². The molecule has 170 valence electrons. The van der Waals surface area contributed by atoms with Crippen LogP contribution in [0.25, 0.3) is 0 Å². The van der Waals surface area contributed by atoms with E-state index in [0.717, 1.165) is 30.6 Å². The molecule has 1 aromatic carbocycles. The maximum Gasteiger partial charge on any atom is 0.241 e. The van der Waals surface area contributed by atoms with Gasteiger partial charge >= 0.3 is 0 Å². The predicted molar refractivity (Wildman–Crippen MR) is 124 cm³/mol. The Morgan fingerprint density at radius 1 is 1.22 bits per heavy atom. The molecule has 2 aromatic rings. The lowest BCUT2D eigenvalue weighted by Crippen LogP contribution is -2.45. The average molecular weight is 455 g/mol. The fourth-order valence-corrected chi connectivity index (χ4v) is 5.92. The molecule has 0 spiro atoms. The van der Waals surface area contributed by atoms with Crippen LogP contribution in [0.3, 0.4) is 0 Å². The number of nitrogens with zero attached hydrogens (tertiary/aromatic N) is 2. The highest BCUT2D eigenvalue weighted by Crippen LogP contribution is 2.46. The van der Waals surface area contributed by atoms with Gasteiger partial charge in [-0.2, -0.15) is 0 Å². The molecule has 0 radical (unpaired) electrons. The molecule has 1 aliphatic carbocycles. The van der Waals surface area contributed by atoms with E-state index >= 15 is 0 Å². The Hall–Kier alpha value is -2.67. The van der Waals surface area contributed by atoms with Crippen molar-refractivity contribution in [1.82, 2.24) is 9.80 Å². The number of rotatable bonds is 7. The molecule has 1 aromatic heterocycles. The van der Waals surface area contributed by atoms with Crippen LogP contribution in [0.1, 0.15) is 61.9 Å². The summed E-state index contributed by atoms with van der Waals surface area (Å²) < 4.78 is 5.57. The second-order valence-corrected chi connectivity index (χ2v) is 9.82. The molecular weight excluding hydrogens is 424 g/mol. The van der Waals surface area contributed by atoms with Crippen molar-refractivity contribution in [3.8, 4) is 5.75 Å². The number of hydrogen-bond acceptors (Lipinski definition) is 5. The summed E-state index contributed by atoms with van der Waals surface area (Å²) in [6.07, 6.45) is 3.64. The highest BCUT2D eigenvalue weighted by atomic mass is 32.1. The molecule has 32 heavy (non-hydrogen) atoms. The fourth-order valence-electron chi connectivity index (χ4n) is 5.10. The highest BCUT2D eigenvalue weighted by molar-refractivity contribution is 7.10. The summed E-state index contributed by atoms with van der Waals surface area (Å²) in [4.78, 5) is 44.8. The van der Waals surface area contributed by atoms with E-state index in [-0.39, 0.29) is 42.6 Å².